The second kappa shape index (κ2) is 10.8. The zero-order valence-corrected chi connectivity index (χ0v) is 21.2. The van der Waals surface area contributed by atoms with Gasteiger partial charge in [-0.05, 0) is 62.5 Å². The summed E-state index contributed by atoms with van der Waals surface area (Å²) in [6.07, 6.45) is 0. The van der Waals surface area contributed by atoms with Gasteiger partial charge >= 0.3 is 0 Å². The number of carbonyl (C=O) groups excluding carboxylic acids is 1. The number of thioether (sulfide) groups is 1. The predicted octanol–water partition coefficient (Wildman–Crippen LogP) is 2.34. The molecule has 0 bridgehead atoms. The van der Waals surface area contributed by atoms with E-state index in [0.717, 1.165) is 5.56 Å². The summed E-state index contributed by atoms with van der Waals surface area (Å²) >= 11 is 1.27. The van der Waals surface area contributed by atoms with E-state index < -0.39 is 10.0 Å². The molecular weight excluding hydrogens is 488 g/mol. The third kappa shape index (κ3) is 5.84. The van der Waals surface area contributed by atoms with Crippen LogP contribution in [0, 0.1) is 0 Å². The molecule has 10 nitrogen and oxygen atoms in total. The number of anilines is 1. The Balaban J connectivity index is 1.43. The van der Waals surface area contributed by atoms with Crippen molar-refractivity contribution in [2.24, 2.45) is 0 Å². The van der Waals surface area contributed by atoms with Crippen LogP contribution in [0.1, 0.15) is 6.92 Å². The number of nitrogens with one attached hydrogen (secondary N) is 1. The van der Waals surface area contributed by atoms with Crippen LogP contribution in [0.2, 0.25) is 0 Å². The number of nitrogens with zero attached hydrogens (tertiary/aromatic N) is 5. The summed E-state index contributed by atoms with van der Waals surface area (Å²) in [6.45, 7) is 4.93. The number of phenolic OH excluding ortho intramolecular Hbond substituents is 1. The normalized spacial score (nSPS) is 15.3. The topological polar surface area (TPSA) is 121 Å². The van der Waals surface area contributed by atoms with E-state index in [1.165, 1.54) is 28.2 Å². The van der Waals surface area contributed by atoms with Crippen LogP contribution in [0.15, 0.2) is 58.6 Å². The van der Waals surface area contributed by atoms with Crippen molar-refractivity contribution >= 4 is 33.4 Å². The highest BCUT2D eigenvalue weighted by Crippen LogP contribution is 2.26. The lowest BCUT2D eigenvalue weighted by Gasteiger charge is -2.31. The first kappa shape index (κ1) is 25.2. The van der Waals surface area contributed by atoms with E-state index in [0.29, 0.717) is 49.4 Å². The number of rotatable bonds is 8. The molecule has 12 heteroatoms. The molecule has 0 spiro atoms. The fourth-order valence-corrected chi connectivity index (χ4v) is 5.94. The van der Waals surface area contributed by atoms with Gasteiger partial charge in [-0.2, -0.15) is 4.31 Å². The molecule has 186 valence electrons. The Morgan fingerprint density at radius 2 is 1.69 bits per heavy atom. The van der Waals surface area contributed by atoms with Gasteiger partial charge in [-0.3, -0.25) is 4.79 Å². The number of carbonyl (C=O) groups is 1. The molecule has 2 aromatic carbocycles. The molecule has 1 aromatic heterocycles. The maximum Gasteiger partial charge on any atom is 0.243 e. The number of phenols is 1. The van der Waals surface area contributed by atoms with Crippen molar-refractivity contribution in [1.29, 1.82) is 0 Å². The van der Waals surface area contributed by atoms with Crippen molar-refractivity contribution in [1.82, 2.24) is 24.0 Å². The van der Waals surface area contributed by atoms with E-state index in [9.17, 15) is 18.3 Å². The molecule has 1 aliphatic heterocycles. The number of amides is 1. The van der Waals surface area contributed by atoms with Gasteiger partial charge in [0.15, 0.2) is 11.0 Å². The van der Waals surface area contributed by atoms with E-state index in [1.54, 1.807) is 36.4 Å². The summed E-state index contributed by atoms with van der Waals surface area (Å²) < 4.78 is 29.4. The van der Waals surface area contributed by atoms with Crippen molar-refractivity contribution in [3.8, 4) is 17.1 Å². The number of aromatic hydroxyl groups is 1. The van der Waals surface area contributed by atoms with E-state index in [-0.39, 0.29) is 22.3 Å². The van der Waals surface area contributed by atoms with Gasteiger partial charge in [0.05, 0.1) is 10.6 Å². The van der Waals surface area contributed by atoms with Crippen LogP contribution in [0.25, 0.3) is 11.4 Å². The lowest BCUT2D eigenvalue weighted by atomic mass is 10.2. The van der Waals surface area contributed by atoms with E-state index >= 15 is 0 Å². The number of hydrogen-bond donors (Lipinski definition) is 2. The summed E-state index contributed by atoms with van der Waals surface area (Å²) in [6, 6.07) is 13.0. The molecule has 0 atom stereocenters. The smallest absolute Gasteiger partial charge is 0.243 e. The Hall–Kier alpha value is -2.93. The average Bonchev–Trinajstić information content (AvgIpc) is 3.27. The molecule has 0 unspecified atom stereocenters. The minimum absolute atomic E-state index is 0.130. The van der Waals surface area contributed by atoms with Crippen LogP contribution in [-0.2, 0) is 21.4 Å². The highest BCUT2D eigenvalue weighted by Gasteiger charge is 2.27. The molecular formula is C23H28N6O4S2. The molecule has 2 N–H and O–H groups in total. The maximum atomic E-state index is 13.0. The van der Waals surface area contributed by atoms with E-state index in [1.807, 2.05) is 18.5 Å². The molecule has 3 aromatic rings. The van der Waals surface area contributed by atoms with Gasteiger partial charge < -0.3 is 19.9 Å². The number of benzene rings is 2. The molecule has 1 amide bonds. The first-order valence-corrected chi connectivity index (χ1v) is 13.6. The number of sulfonamides is 1. The van der Waals surface area contributed by atoms with Gasteiger partial charge in [-0.25, -0.2) is 8.42 Å². The Bertz CT molecular complexity index is 1270. The Labute approximate surface area is 209 Å². The summed E-state index contributed by atoms with van der Waals surface area (Å²) in [4.78, 5) is 14.7. The van der Waals surface area contributed by atoms with E-state index in [2.05, 4.69) is 20.4 Å². The van der Waals surface area contributed by atoms with Crippen molar-refractivity contribution in [3.63, 3.8) is 0 Å². The summed E-state index contributed by atoms with van der Waals surface area (Å²) in [5, 5.41) is 21.2. The molecule has 1 saturated heterocycles. The molecule has 4 rings (SSSR count). The fourth-order valence-electron chi connectivity index (χ4n) is 3.72. The number of hydrogen-bond acceptors (Lipinski definition) is 8. The van der Waals surface area contributed by atoms with Crippen LogP contribution < -0.4 is 5.32 Å². The minimum Gasteiger partial charge on any atom is -0.508 e. The van der Waals surface area contributed by atoms with Crippen LogP contribution in [-0.4, -0.2) is 82.4 Å². The molecule has 1 fully saturated rings. The summed E-state index contributed by atoms with van der Waals surface area (Å²) in [5.74, 6) is 0.677. The molecule has 35 heavy (non-hydrogen) atoms. The fraction of sp³-hybridized carbons (Fsp3) is 0.348. The third-order valence-corrected chi connectivity index (χ3v) is 8.61. The van der Waals surface area contributed by atoms with Gasteiger partial charge in [-0.15, -0.1) is 10.2 Å². The van der Waals surface area contributed by atoms with Gasteiger partial charge in [0.25, 0.3) is 0 Å². The van der Waals surface area contributed by atoms with Crippen LogP contribution in [0.4, 0.5) is 5.69 Å². The SMILES string of the molecule is CCn1c(SCC(=O)Nc2ccc(O)cc2)nnc1-c1ccc(S(=O)(=O)N2CCN(C)CC2)cc1. The molecule has 0 radical (unpaired) electrons. The molecule has 0 saturated carbocycles. The van der Waals surface area contributed by atoms with Crippen LogP contribution in [0.5, 0.6) is 5.75 Å². The Morgan fingerprint density at radius 1 is 1.03 bits per heavy atom. The Kier molecular flexibility index (Phi) is 7.75. The zero-order chi connectivity index (χ0) is 25.0. The largest absolute Gasteiger partial charge is 0.508 e. The summed E-state index contributed by atoms with van der Waals surface area (Å²) in [7, 11) is -1.56. The highest BCUT2D eigenvalue weighted by atomic mass is 32.2. The second-order valence-electron chi connectivity index (χ2n) is 8.17. The van der Waals surface area contributed by atoms with Gasteiger partial charge in [0.2, 0.25) is 15.9 Å². The van der Waals surface area contributed by atoms with E-state index in [4.69, 9.17) is 0 Å². The first-order chi connectivity index (χ1) is 16.8. The number of aromatic nitrogens is 3. The first-order valence-electron chi connectivity index (χ1n) is 11.2. The monoisotopic (exact) mass is 516 g/mol. The van der Waals surface area contributed by atoms with Gasteiger partial charge in [0, 0.05) is 44.0 Å². The Morgan fingerprint density at radius 3 is 2.31 bits per heavy atom. The summed E-state index contributed by atoms with van der Waals surface area (Å²) in [5.41, 5.74) is 1.34. The molecule has 1 aliphatic rings. The van der Waals surface area contributed by atoms with Crippen molar-refractivity contribution in [2.45, 2.75) is 23.5 Å². The zero-order valence-electron chi connectivity index (χ0n) is 19.6. The lowest BCUT2D eigenvalue weighted by molar-refractivity contribution is -0.113. The minimum atomic E-state index is -3.54. The van der Waals surface area contributed by atoms with Crippen LogP contribution >= 0.6 is 11.8 Å². The van der Waals surface area contributed by atoms with Crippen molar-refractivity contribution in [2.75, 3.05) is 44.3 Å². The van der Waals surface area contributed by atoms with Gasteiger partial charge in [0.1, 0.15) is 5.75 Å². The third-order valence-electron chi connectivity index (χ3n) is 5.73. The second-order valence-corrected chi connectivity index (χ2v) is 11.0. The predicted molar refractivity (Wildman–Crippen MR) is 135 cm³/mol. The van der Waals surface area contributed by atoms with Crippen molar-refractivity contribution in [3.05, 3.63) is 48.5 Å². The van der Waals surface area contributed by atoms with Crippen LogP contribution in [0.3, 0.4) is 0 Å². The lowest BCUT2D eigenvalue weighted by Crippen LogP contribution is -2.46. The number of likely N-dealkylation sites (N-methyl/N-ethyl adjacent to an activating group) is 1. The quantitative estimate of drug-likeness (QED) is 0.346. The maximum absolute atomic E-state index is 13.0. The number of piperazine rings is 1. The van der Waals surface area contributed by atoms with Gasteiger partial charge in [-0.1, -0.05) is 11.8 Å². The standard InChI is InChI=1S/C23H28N6O4S2/c1-3-29-22(25-26-23(29)34-16-21(31)24-18-6-8-19(30)9-7-18)17-4-10-20(11-5-17)35(32,33)28-14-12-27(2)13-15-28/h4-11,30H,3,12-16H2,1-2H3,(H,24,31). The molecule has 2 heterocycles. The molecule has 0 aliphatic carbocycles. The highest BCUT2D eigenvalue weighted by molar-refractivity contribution is 7.99. The van der Waals surface area contributed by atoms with Crippen molar-refractivity contribution < 1.29 is 18.3 Å². The average molecular weight is 517 g/mol.